The van der Waals surface area contributed by atoms with Crippen molar-refractivity contribution in [3.63, 3.8) is 0 Å². The van der Waals surface area contributed by atoms with Gasteiger partial charge in [0.25, 0.3) is 6.29 Å². The molecule has 0 spiro atoms. The van der Waals surface area contributed by atoms with Crippen molar-refractivity contribution in [3.05, 3.63) is 122 Å². The summed E-state index contributed by atoms with van der Waals surface area (Å²) in [5.74, 6) is -2.05. The van der Waals surface area contributed by atoms with E-state index in [4.69, 9.17) is 18.9 Å². The summed E-state index contributed by atoms with van der Waals surface area (Å²) in [6.07, 6.45) is 72.6. The first-order chi connectivity index (χ1) is 35.6. The summed E-state index contributed by atoms with van der Waals surface area (Å²) in [5.41, 5.74) is 0. The molecule has 0 radical (unpaired) electrons. The first kappa shape index (κ1) is 68.7. The van der Waals surface area contributed by atoms with Crippen molar-refractivity contribution in [3.8, 4) is 0 Å². The summed E-state index contributed by atoms with van der Waals surface area (Å²) in [6, 6.07) is 0. The normalized spacial score (nSPS) is 13.7. The second kappa shape index (κ2) is 54.0. The average Bonchev–Trinajstić information content (AvgIpc) is 3.36. The van der Waals surface area contributed by atoms with Gasteiger partial charge in [-0.25, -0.2) is 4.79 Å². The largest absolute Gasteiger partial charge is 0.477 e. The van der Waals surface area contributed by atoms with Crippen LogP contribution in [0.25, 0.3) is 0 Å². The molecule has 73 heavy (non-hydrogen) atoms. The van der Waals surface area contributed by atoms with Crippen LogP contribution in [0, 0.1) is 0 Å². The topological polar surface area (TPSA) is 108 Å². The van der Waals surface area contributed by atoms with Crippen molar-refractivity contribution < 1.29 is 42.9 Å². The maximum absolute atomic E-state index is 12.9. The minimum atomic E-state index is -1.52. The monoisotopic (exact) mass is 1020 g/mol. The number of carbonyl (C=O) groups is 3. The van der Waals surface area contributed by atoms with Gasteiger partial charge >= 0.3 is 17.9 Å². The molecule has 2 atom stereocenters. The molecule has 0 aliphatic carbocycles. The summed E-state index contributed by atoms with van der Waals surface area (Å²) in [5, 5.41) is 9.70. The third-order valence-electron chi connectivity index (χ3n) is 11.7. The van der Waals surface area contributed by atoms with E-state index in [0.717, 1.165) is 116 Å². The van der Waals surface area contributed by atoms with Crippen molar-refractivity contribution in [2.45, 2.75) is 219 Å². The summed E-state index contributed by atoms with van der Waals surface area (Å²) in [7, 11) is 5.95. The lowest BCUT2D eigenvalue weighted by molar-refractivity contribution is -0.870. The zero-order valence-corrected chi connectivity index (χ0v) is 47.0. The molecule has 2 unspecified atom stereocenters. The summed E-state index contributed by atoms with van der Waals surface area (Å²) in [6.45, 7) is 4.69. The third kappa shape index (κ3) is 55.3. The van der Waals surface area contributed by atoms with Crippen LogP contribution < -0.4 is 0 Å². The molecule has 0 saturated heterocycles. The lowest BCUT2D eigenvalue weighted by Crippen LogP contribution is -2.40. The molecule has 414 valence electrons. The quantitative estimate of drug-likeness (QED) is 0.0211. The first-order valence-corrected chi connectivity index (χ1v) is 28.7. The lowest BCUT2D eigenvalue weighted by Gasteiger charge is -2.25. The minimum Gasteiger partial charge on any atom is -0.477 e. The Morgan fingerprint density at radius 3 is 1.16 bits per heavy atom. The number of rotatable bonds is 51. The van der Waals surface area contributed by atoms with E-state index in [1.807, 2.05) is 21.1 Å². The van der Waals surface area contributed by atoms with E-state index in [9.17, 15) is 19.5 Å². The molecule has 0 aliphatic rings. The van der Waals surface area contributed by atoms with Crippen LogP contribution in [-0.2, 0) is 33.3 Å². The maximum Gasteiger partial charge on any atom is 0.361 e. The predicted molar refractivity (Wildman–Crippen MR) is 308 cm³/mol. The SMILES string of the molecule is CC/C=C\C/C=C\C/C=C\C/C=C\C/C=C\C/C=C\C/C=C\CCCCCCCCCC(=O)OC(COC(=O)CCCCCCCC/C=C\C/C=C\C/C=C\CCCCC)COC(OCC[N+](C)(C)C)C(=O)O. The summed E-state index contributed by atoms with van der Waals surface area (Å²) < 4.78 is 22.8. The van der Waals surface area contributed by atoms with Crippen LogP contribution in [0.2, 0.25) is 0 Å². The Morgan fingerprint density at radius 1 is 0.425 bits per heavy atom. The molecule has 0 saturated carbocycles. The van der Waals surface area contributed by atoms with E-state index in [1.165, 1.54) is 57.8 Å². The van der Waals surface area contributed by atoms with Gasteiger partial charge in [-0.05, 0) is 109 Å². The van der Waals surface area contributed by atoms with Crippen LogP contribution in [-0.4, -0.2) is 87.4 Å². The number of unbranched alkanes of at least 4 members (excludes halogenated alkanes) is 16. The third-order valence-corrected chi connectivity index (χ3v) is 11.7. The molecular weight excluding hydrogens is 911 g/mol. The van der Waals surface area contributed by atoms with Crippen LogP contribution in [0.1, 0.15) is 206 Å². The van der Waals surface area contributed by atoms with Crippen LogP contribution in [0.15, 0.2) is 122 Å². The molecule has 1 N–H and O–H groups in total. The Bertz CT molecular complexity index is 1610. The number of allylic oxidation sites excluding steroid dienone is 20. The molecule has 0 bridgehead atoms. The number of nitrogens with zero attached hydrogens (tertiary/aromatic N) is 1. The molecule has 9 heteroatoms. The van der Waals surface area contributed by atoms with Gasteiger partial charge in [0.05, 0.1) is 34.4 Å². The molecular formula is C64H106NO8+. The number of carbonyl (C=O) groups excluding carboxylic acids is 2. The van der Waals surface area contributed by atoms with Gasteiger partial charge in [0.2, 0.25) is 0 Å². The van der Waals surface area contributed by atoms with Crippen molar-refractivity contribution in [1.29, 1.82) is 0 Å². The molecule has 0 amide bonds. The van der Waals surface area contributed by atoms with Crippen molar-refractivity contribution in [1.82, 2.24) is 0 Å². The number of aliphatic carboxylic acids is 1. The van der Waals surface area contributed by atoms with Gasteiger partial charge in [-0.15, -0.1) is 0 Å². The number of esters is 2. The molecule has 0 aromatic heterocycles. The van der Waals surface area contributed by atoms with E-state index in [1.54, 1.807) is 0 Å². The van der Waals surface area contributed by atoms with E-state index in [-0.39, 0.29) is 38.6 Å². The molecule has 0 heterocycles. The molecule has 0 aromatic carbocycles. The second-order valence-electron chi connectivity index (χ2n) is 19.9. The van der Waals surface area contributed by atoms with Crippen LogP contribution in [0.5, 0.6) is 0 Å². The highest BCUT2D eigenvalue weighted by atomic mass is 16.7. The van der Waals surface area contributed by atoms with E-state index >= 15 is 0 Å². The maximum atomic E-state index is 12.9. The molecule has 0 aliphatic heterocycles. The highest BCUT2D eigenvalue weighted by Crippen LogP contribution is 2.14. The zero-order chi connectivity index (χ0) is 53.4. The number of quaternary nitrogens is 1. The fourth-order valence-electron chi connectivity index (χ4n) is 7.29. The molecule has 0 rings (SSSR count). The smallest absolute Gasteiger partial charge is 0.361 e. The Kier molecular flexibility index (Phi) is 50.8. The zero-order valence-electron chi connectivity index (χ0n) is 47.0. The Morgan fingerprint density at radius 2 is 0.781 bits per heavy atom. The highest BCUT2D eigenvalue weighted by Gasteiger charge is 2.25. The van der Waals surface area contributed by atoms with Crippen LogP contribution in [0.3, 0.4) is 0 Å². The van der Waals surface area contributed by atoms with Crippen LogP contribution in [0.4, 0.5) is 0 Å². The van der Waals surface area contributed by atoms with Crippen LogP contribution >= 0.6 is 0 Å². The lowest BCUT2D eigenvalue weighted by atomic mass is 10.1. The molecule has 0 fully saturated rings. The minimum absolute atomic E-state index is 0.176. The van der Waals surface area contributed by atoms with Gasteiger partial charge < -0.3 is 28.5 Å². The molecule has 9 nitrogen and oxygen atoms in total. The number of ether oxygens (including phenoxy) is 4. The van der Waals surface area contributed by atoms with Gasteiger partial charge in [0.1, 0.15) is 13.2 Å². The van der Waals surface area contributed by atoms with Gasteiger partial charge in [-0.1, -0.05) is 206 Å². The Labute approximate surface area is 447 Å². The standard InChI is InChI=1S/C64H105NO8/c1-6-8-10-12-14-16-18-20-22-24-26-27-28-29-30-31-32-33-34-35-37-39-41-43-45-47-49-51-53-55-62(67)73-60(59-72-64(63(68)69)70-57-56-65(3,4)5)58-71-61(66)54-52-50-48-46-44-42-40-38-36-25-23-21-19-17-15-13-11-9-7-2/h8,10,14-17,20-23,26-27,29-30,32-33,35-38,60,64H,6-7,9,11-13,18-19,24-25,28,31,34,39-59H2,1-5H3/p+1/b10-8-,16-14-,17-15-,22-20-,23-21-,27-26-,30-29-,33-32-,37-35-,38-36-. The van der Waals surface area contributed by atoms with Gasteiger partial charge in [0.15, 0.2) is 6.10 Å². The first-order valence-electron chi connectivity index (χ1n) is 28.7. The fourth-order valence-corrected chi connectivity index (χ4v) is 7.29. The van der Waals surface area contributed by atoms with Gasteiger partial charge in [0, 0.05) is 12.8 Å². The van der Waals surface area contributed by atoms with E-state index in [0.29, 0.717) is 17.4 Å². The number of carboxylic acid groups (broad SMARTS) is 1. The number of carboxylic acids is 1. The second-order valence-corrected chi connectivity index (χ2v) is 19.9. The van der Waals surface area contributed by atoms with Gasteiger partial charge in [-0.3, -0.25) is 9.59 Å². The predicted octanol–water partition coefficient (Wildman–Crippen LogP) is 16.9. The average molecular weight is 1020 g/mol. The van der Waals surface area contributed by atoms with Crippen molar-refractivity contribution >= 4 is 17.9 Å². The number of likely N-dealkylation sites (N-methyl/N-ethyl adjacent to an activating group) is 1. The van der Waals surface area contributed by atoms with E-state index < -0.39 is 24.3 Å². The number of hydrogen-bond acceptors (Lipinski definition) is 7. The summed E-state index contributed by atoms with van der Waals surface area (Å²) in [4.78, 5) is 37.4. The Hall–Kier alpha value is -4.31. The fraction of sp³-hybridized carbons (Fsp3) is 0.641. The van der Waals surface area contributed by atoms with Gasteiger partial charge in [-0.2, -0.15) is 0 Å². The van der Waals surface area contributed by atoms with E-state index in [2.05, 4.69) is 135 Å². The van der Waals surface area contributed by atoms with Crippen molar-refractivity contribution in [2.75, 3.05) is 47.5 Å². The highest BCUT2D eigenvalue weighted by molar-refractivity contribution is 5.71. The number of hydrogen-bond donors (Lipinski definition) is 1. The molecule has 0 aromatic rings. The van der Waals surface area contributed by atoms with Crippen molar-refractivity contribution in [2.24, 2.45) is 0 Å². The summed E-state index contributed by atoms with van der Waals surface area (Å²) >= 11 is 0. The Balaban J connectivity index is 4.34.